The number of hydrogen-bond acceptors (Lipinski definition) is 4. The molecule has 2 aromatic heterocycles. The number of aromatic amines is 1. The van der Waals surface area contributed by atoms with E-state index in [0.29, 0.717) is 21.8 Å². The highest BCUT2D eigenvalue weighted by Crippen LogP contribution is 2.30. The molecule has 0 aliphatic heterocycles. The van der Waals surface area contributed by atoms with E-state index in [0.717, 1.165) is 11.3 Å². The van der Waals surface area contributed by atoms with E-state index < -0.39 is 0 Å². The second-order valence-electron chi connectivity index (χ2n) is 4.40. The third-order valence-electron chi connectivity index (χ3n) is 3.09. The molecule has 0 saturated heterocycles. The normalized spacial score (nSPS) is 10.3. The summed E-state index contributed by atoms with van der Waals surface area (Å²) in [5.41, 5.74) is 9.18. The van der Waals surface area contributed by atoms with Crippen molar-refractivity contribution in [2.45, 2.75) is 0 Å². The first-order chi connectivity index (χ1) is 10.2. The van der Waals surface area contributed by atoms with E-state index in [1.807, 2.05) is 18.2 Å². The van der Waals surface area contributed by atoms with Crippen LogP contribution in [0, 0.1) is 11.3 Å². The third-order valence-corrected chi connectivity index (χ3v) is 3.34. The maximum absolute atomic E-state index is 9.27. The summed E-state index contributed by atoms with van der Waals surface area (Å²) < 4.78 is 0. The first kappa shape index (κ1) is 13.2. The molecule has 5 nitrogen and oxygen atoms in total. The van der Waals surface area contributed by atoms with Crippen molar-refractivity contribution in [1.29, 1.82) is 5.26 Å². The predicted octanol–water partition coefficient (Wildman–Crippen LogP) is 3.25. The number of benzene rings is 1. The lowest BCUT2D eigenvalue weighted by molar-refractivity contribution is 1.29. The van der Waals surface area contributed by atoms with Gasteiger partial charge in [-0.15, -0.1) is 0 Å². The van der Waals surface area contributed by atoms with Gasteiger partial charge in [0.15, 0.2) is 0 Å². The van der Waals surface area contributed by atoms with E-state index in [9.17, 15) is 5.26 Å². The molecule has 0 saturated carbocycles. The average molecular weight is 296 g/mol. The zero-order valence-corrected chi connectivity index (χ0v) is 11.6. The van der Waals surface area contributed by atoms with E-state index in [-0.39, 0.29) is 5.82 Å². The van der Waals surface area contributed by atoms with Gasteiger partial charge in [0.1, 0.15) is 17.5 Å². The minimum absolute atomic E-state index is 0.189. The summed E-state index contributed by atoms with van der Waals surface area (Å²) in [4.78, 5) is 11.2. The zero-order chi connectivity index (χ0) is 14.8. The minimum atomic E-state index is 0.189. The monoisotopic (exact) mass is 295 g/mol. The van der Waals surface area contributed by atoms with E-state index in [1.165, 1.54) is 0 Å². The summed E-state index contributed by atoms with van der Waals surface area (Å²) in [6, 6.07) is 11.2. The van der Waals surface area contributed by atoms with E-state index in [4.69, 9.17) is 17.3 Å². The van der Waals surface area contributed by atoms with Gasteiger partial charge in [-0.1, -0.05) is 23.7 Å². The zero-order valence-electron chi connectivity index (χ0n) is 10.8. The van der Waals surface area contributed by atoms with Crippen molar-refractivity contribution in [2.75, 3.05) is 5.73 Å². The Morgan fingerprint density at radius 1 is 1.24 bits per heavy atom. The van der Waals surface area contributed by atoms with E-state index >= 15 is 0 Å². The first-order valence-electron chi connectivity index (χ1n) is 6.14. The molecule has 21 heavy (non-hydrogen) atoms. The van der Waals surface area contributed by atoms with Gasteiger partial charge in [-0.05, 0) is 18.2 Å². The van der Waals surface area contributed by atoms with Gasteiger partial charge in [0.05, 0.1) is 23.9 Å². The molecule has 0 fully saturated rings. The van der Waals surface area contributed by atoms with Crippen molar-refractivity contribution in [2.24, 2.45) is 0 Å². The number of H-pyrrole nitrogens is 1. The number of pyridine rings is 1. The maximum atomic E-state index is 9.27. The standard InChI is InChI=1S/C15H10ClN5/c16-10-3-1-9(2-4-10)13-5-11(14-7-19-8-20-14)12(6-17)15(18)21-13/h1-5,7-8H,(H2,18,21)(H,19,20). The minimum Gasteiger partial charge on any atom is -0.383 e. The van der Waals surface area contributed by atoms with Crippen LogP contribution >= 0.6 is 11.6 Å². The molecular formula is C15H10ClN5. The SMILES string of the molecule is N#Cc1c(-c2cnc[nH]2)cc(-c2ccc(Cl)cc2)nc1N. The van der Waals surface area contributed by atoms with Crippen molar-refractivity contribution in [1.82, 2.24) is 15.0 Å². The van der Waals surface area contributed by atoms with Crippen LogP contribution in [0.5, 0.6) is 0 Å². The number of anilines is 1. The van der Waals surface area contributed by atoms with Crippen LogP contribution in [0.2, 0.25) is 5.02 Å². The third kappa shape index (κ3) is 2.45. The fraction of sp³-hybridized carbons (Fsp3) is 0. The average Bonchev–Trinajstić information content (AvgIpc) is 3.01. The van der Waals surface area contributed by atoms with Crippen LogP contribution in [0.15, 0.2) is 42.9 Å². The first-order valence-corrected chi connectivity index (χ1v) is 6.52. The highest BCUT2D eigenvalue weighted by atomic mass is 35.5. The molecule has 0 bridgehead atoms. The second kappa shape index (κ2) is 5.27. The Morgan fingerprint density at radius 3 is 2.62 bits per heavy atom. The van der Waals surface area contributed by atoms with Gasteiger partial charge in [0.2, 0.25) is 0 Å². The number of halogens is 1. The van der Waals surface area contributed by atoms with Crippen LogP contribution in [0.25, 0.3) is 22.5 Å². The van der Waals surface area contributed by atoms with Crippen LogP contribution in [-0.4, -0.2) is 15.0 Å². The lowest BCUT2D eigenvalue weighted by Crippen LogP contribution is -1.99. The van der Waals surface area contributed by atoms with Crippen molar-refractivity contribution in [3.05, 3.63) is 53.4 Å². The Labute approximate surface area is 126 Å². The van der Waals surface area contributed by atoms with Gasteiger partial charge >= 0.3 is 0 Å². The molecule has 3 rings (SSSR count). The molecule has 0 radical (unpaired) electrons. The number of nitrogens with two attached hydrogens (primary N) is 1. The summed E-state index contributed by atoms with van der Waals surface area (Å²) in [6.45, 7) is 0. The number of nitriles is 1. The predicted molar refractivity (Wildman–Crippen MR) is 81.4 cm³/mol. The molecule has 0 atom stereocenters. The topological polar surface area (TPSA) is 91.4 Å². The molecule has 0 aliphatic carbocycles. The van der Waals surface area contributed by atoms with E-state index in [1.54, 1.807) is 24.7 Å². The van der Waals surface area contributed by atoms with E-state index in [2.05, 4.69) is 21.0 Å². The van der Waals surface area contributed by atoms with Crippen molar-refractivity contribution >= 4 is 17.4 Å². The van der Waals surface area contributed by atoms with Crippen LogP contribution in [-0.2, 0) is 0 Å². The number of nitrogens with one attached hydrogen (secondary N) is 1. The summed E-state index contributed by atoms with van der Waals surface area (Å²) in [5, 5.41) is 9.92. The molecule has 3 aromatic rings. The quantitative estimate of drug-likeness (QED) is 0.759. The van der Waals surface area contributed by atoms with Crippen LogP contribution in [0.1, 0.15) is 5.56 Å². The van der Waals surface area contributed by atoms with Crippen LogP contribution < -0.4 is 5.73 Å². The molecule has 1 aromatic carbocycles. The van der Waals surface area contributed by atoms with Gasteiger partial charge in [0.25, 0.3) is 0 Å². The van der Waals surface area contributed by atoms with Crippen molar-refractivity contribution < 1.29 is 0 Å². The number of aromatic nitrogens is 3. The summed E-state index contributed by atoms with van der Waals surface area (Å²) >= 11 is 5.89. The molecule has 0 aliphatic rings. The Balaban J connectivity index is 2.21. The molecule has 2 heterocycles. The number of hydrogen-bond donors (Lipinski definition) is 2. The highest BCUT2D eigenvalue weighted by Gasteiger charge is 2.14. The lowest BCUT2D eigenvalue weighted by Gasteiger charge is -2.08. The fourth-order valence-electron chi connectivity index (χ4n) is 2.07. The van der Waals surface area contributed by atoms with Gasteiger partial charge < -0.3 is 10.7 Å². The summed E-state index contributed by atoms with van der Waals surface area (Å²) in [6.07, 6.45) is 3.19. The van der Waals surface area contributed by atoms with Gasteiger partial charge in [-0.2, -0.15) is 5.26 Å². The van der Waals surface area contributed by atoms with Crippen molar-refractivity contribution in [3.8, 4) is 28.6 Å². The van der Waals surface area contributed by atoms with Crippen molar-refractivity contribution in [3.63, 3.8) is 0 Å². The smallest absolute Gasteiger partial charge is 0.142 e. The molecule has 0 unspecified atom stereocenters. The fourth-order valence-corrected chi connectivity index (χ4v) is 2.19. The molecular weight excluding hydrogens is 286 g/mol. The molecule has 3 N–H and O–H groups in total. The Bertz CT molecular complexity index is 817. The number of nitrogen functional groups attached to an aromatic ring is 1. The molecule has 0 spiro atoms. The molecule has 0 amide bonds. The maximum Gasteiger partial charge on any atom is 0.142 e. The van der Waals surface area contributed by atoms with Gasteiger partial charge in [-0.25, -0.2) is 9.97 Å². The Kier molecular flexibility index (Phi) is 3.30. The largest absolute Gasteiger partial charge is 0.383 e. The van der Waals surface area contributed by atoms with Crippen LogP contribution in [0.4, 0.5) is 5.82 Å². The van der Waals surface area contributed by atoms with Gasteiger partial charge in [0, 0.05) is 16.1 Å². The molecule has 102 valence electrons. The number of nitrogens with zero attached hydrogens (tertiary/aromatic N) is 3. The number of imidazole rings is 1. The number of rotatable bonds is 2. The lowest BCUT2D eigenvalue weighted by atomic mass is 10.0. The van der Waals surface area contributed by atoms with Crippen LogP contribution in [0.3, 0.4) is 0 Å². The summed E-state index contributed by atoms with van der Waals surface area (Å²) in [7, 11) is 0. The highest BCUT2D eigenvalue weighted by molar-refractivity contribution is 6.30. The molecule has 6 heteroatoms. The Hall–Kier alpha value is -2.84. The Morgan fingerprint density at radius 2 is 2.00 bits per heavy atom. The second-order valence-corrected chi connectivity index (χ2v) is 4.84. The van der Waals surface area contributed by atoms with Gasteiger partial charge in [-0.3, -0.25) is 0 Å². The summed E-state index contributed by atoms with van der Waals surface area (Å²) in [5.74, 6) is 0.189.